The van der Waals surface area contributed by atoms with Gasteiger partial charge in [0.05, 0.1) is 13.7 Å². The number of methoxy groups -OCH3 is 1. The molecule has 6 nitrogen and oxygen atoms in total. The Morgan fingerprint density at radius 1 is 1.15 bits per heavy atom. The number of alkyl halides is 2. The average Bonchev–Trinajstić information content (AvgIpc) is 3.08. The van der Waals surface area contributed by atoms with E-state index in [2.05, 4.69) is 19.8 Å². The number of aryl methyl sites for hydroxylation is 1. The molecule has 0 N–H and O–H groups in total. The lowest BCUT2D eigenvalue weighted by Gasteiger charge is -2.11. The van der Waals surface area contributed by atoms with E-state index in [1.165, 1.54) is 19.2 Å². The Hall–Kier alpha value is -3.03. The molecule has 0 aliphatic heterocycles. The van der Waals surface area contributed by atoms with Crippen LogP contribution in [-0.2, 0) is 6.54 Å². The quantitative estimate of drug-likeness (QED) is 0.641. The van der Waals surface area contributed by atoms with Crippen LogP contribution in [0.15, 0.2) is 42.9 Å². The zero-order valence-electron chi connectivity index (χ0n) is 15.7. The Balaban J connectivity index is 0.00000126. The van der Waals surface area contributed by atoms with E-state index < -0.39 is 6.61 Å². The van der Waals surface area contributed by atoms with E-state index in [9.17, 15) is 8.78 Å². The normalized spacial score (nSPS) is 10.3. The molecule has 3 rings (SSSR count). The van der Waals surface area contributed by atoms with Gasteiger partial charge in [0.1, 0.15) is 17.9 Å². The van der Waals surface area contributed by atoms with Crippen molar-refractivity contribution in [1.29, 1.82) is 0 Å². The molecular formula is C19H22F2N4O2. The average molecular weight is 376 g/mol. The number of rotatable bonds is 6. The van der Waals surface area contributed by atoms with E-state index >= 15 is 0 Å². The van der Waals surface area contributed by atoms with Crippen molar-refractivity contribution in [2.75, 3.05) is 7.11 Å². The molecule has 2 heterocycles. The van der Waals surface area contributed by atoms with Crippen LogP contribution in [0, 0.1) is 6.92 Å². The van der Waals surface area contributed by atoms with Crippen LogP contribution < -0.4 is 9.47 Å². The molecule has 0 saturated carbocycles. The summed E-state index contributed by atoms with van der Waals surface area (Å²) in [5.74, 6) is 1.15. The van der Waals surface area contributed by atoms with Gasteiger partial charge in [-0.2, -0.15) is 13.9 Å². The molecule has 0 saturated heterocycles. The summed E-state index contributed by atoms with van der Waals surface area (Å²) in [6, 6.07) is 8.29. The van der Waals surface area contributed by atoms with Crippen LogP contribution in [0.2, 0.25) is 0 Å². The number of pyridine rings is 1. The minimum Gasteiger partial charge on any atom is -0.481 e. The maximum atomic E-state index is 12.4. The van der Waals surface area contributed by atoms with Gasteiger partial charge in [0, 0.05) is 11.8 Å². The molecule has 144 valence electrons. The predicted octanol–water partition coefficient (Wildman–Crippen LogP) is 4.33. The van der Waals surface area contributed by atoms with Crippen molar-refractivity contribution in [1.82, 2.24) is 19.7 Å². The molecule has 0 spiro atoms. The predicted molar refractivity (Wildman–Crippen MR) is 98.1 cm³/mol. The van der Waals surface area contributed by atoms with Gasteiger partial charge in [-0.05, 0) is 36.2 Å². The fourth-order valence-electron chi connectivity index (χ4n) is 2.44. The molecule has 0 radical (unpaired) electrons. The van der Waals surface area contributed by atoms with Crippen molar-refractivity contribution in [2.24, 2.45) is 0 Å². The molecule has 0 atom stereocenters. The number of benzene rings is 1. The zero-order valence-corrected chi connectivity index (χ0v) is 15.7. The summed E-state index contributed by atoms with van der Waals surface area (Å²) in [5.41, 5.74) is 2.22. The van der Waals surface area contributed by atoms with Crippen LogP contribution in [0.4, 0.5) is 8.78 Å². The van der Waals surface area contributed by atoms with E-state index in [1.807, 2.05) is 26.8 Å². The van der Waals surface area contributed by atoms with Crippen molar-refractivity contribution in [3.63, 3.8) is 0 Å². The van der Waals surface area contributed by atoms with E-state index in [-0.39, 0.29) is 5.75 Å². The fraction of sp³-hybridized carbons (Fsp3) is 0.316. The highest BCUT2D eigenvalue weighted by atomic mass is 19.3. The Morgan fingerprint density at radius 3 is 2.56 bits per heavy atom. The van der Waals surface area contributed by atoms with E-state index in [1.54, 1.807) is 29.3 Å². The molecule has 0 unspecified atom stereocenters. The van der Waals surface area contributed by atoms with Gasteiger partial charge in [0.25, 0.3) is 0 Å². The summed E-state index contributed by atoms with van der Waals surface area (Å²) in [4.78, 5) is 8.38. The molecule has 0 aliphatic rings. The number of nitrogens with zero attached hydrogens (tertiary/aromatic N) is 4. The number of aromatic nitrogens is 4. The van der Waals surface area contributed by atoms with Gasteiger partial charge in [0.2, 0.25) is 5.88 Å². The second-order valence-electron chi connectivity index (χ2n) is 5.30. The topological polar surface area (TPSA) is 62.1 Å². The Labute approximate surface area is 156 Å². The molecule has 3 aromatic rings. The van der Waals surface area contributed by atoms with Crippen molar-refractivity contribution in [2.45, 2.75) is 33.9 Å². The fourth-order valence-corrected chi connectivity index (χ4v) is 2.44. The van der Waals surface area contributed by atoms with Crippen molar-refractivity contribution in [3.8, 4) is 22.8 Å². The summed E-state index contributed by atoms with van der Waals surface area (Å²) >= 11 is 0. The summed E-state index contributed by atoms with van der Waals surface area (Å²) < 4.78 is 36.3. The summed E-state index contributed by atoms with van der Waals surface area (Å²) in [6.45, 7) is 3.41. The third-order valence-corrected chi connectivity index (χ3v) is 3.47. The smallest absolute Gasteiger partial charge is 0.387 e. The second-order valence-corrected chi connectivity index (χ2v) is 5.30. The lowest BCUT2D eigenvalue weighted by Crippen LogP contribution is -2.03. The van der Waals surface area contributed by atoms with Crippen LogP contribution >= 0.6 is 0 Å². The number of hydrogen-bond acceptors (Lipinski definition) is 5. The van der Waals surface area contributed by atoms with Gasteiger partial charge in [-0.15, -0.1) is 0 Å². The molecule has 1 aromatic carbocycles. The van der Waals surface area contributed by atoms with Crippen molar-refractivity contribution >= 4 is 0 Å². The summed E-state index contributed by atoms with van der Waals surface area (Å²) in [5, 5.41) is 4.24. The summed E-state index contributed by atoms with van der Waals surface area (Å²) in [6.07, 6.45) is 3.31. The number of ether oxygens (including phenoxy) is 2. The second kappa shape index (κ2) is 9.61. The molecule has 0 fully saturated rings. The summed E-state index contributed by atoms with van der Waals surface area (Å²) in [7, 11) is 1.51. The maximum Gasteiger partial charge on any atom is 0.387 e. The lowest BCUT2D eigenvalue weighted by atomic mass is 10.0. The largest absolute Gasteiger partial charge is 0.481 e. The Morgan fingerprint density at radius 2 is 1.93 bits per heavy atom. The van der Waals surface area contributed by atoms with Gasteiger partial charge in [-0.1, -0.05) is 26.0 Å². The first-order valence-corrected chi connectivity index (χ1v) is 8.49. The van der Waals surface area contributed by atoms with E-state index in [0.29, 0.717) is 29.4 Å². The van der Waals surface area contributed by atoms with Crippen molar-refractivity contribution < 1.29 is 18.3 Å². The first-order chi connectivity index (χ1) is 13.0. The minimum atomic E-state index is -2.88. The van der Waals surface area contributed by atoms with Gasteiger partial charge in [-0.3, -0.25) is 0 Å². The highest BCUT2D eigenvalue weighted by molar-refractivity contribution is 5.70. The molecular weight excluding hydrogens is 354 g/mol. The third kappa shape index (κ3) is 5.47. The van der Waals surface area contributed by atoms with Crippen LogP contribution in [0.5, 0.6) is 11.6 Å². The molecule has 2 aromatic heterocycles. The molecule has 0 amide bonds. The van der Waals surface area contributed by atoms with Gasteiger partial charge in [0.15, 0.2) is 0 Å². The van der Waals surface area contributed by atoms with Gasteiger partial charge >= 0.3 is 6.61 Å². The van der Waals surface area contributed by atoms with Crippen LogP contribution in [0.25, 0.3) is 11.1 Å². The highest BCUT2D eigenvalue weighted by Crippen LogP contribution is 2.31. The Kier molecular flexibility index (Phi) is 7.22. The van der Waals surface area contributed by atoms with E-state index in [4.69, 9.17) is 4.74 Å². The molecule has 27 heavy (non-hydrogen) atoms. The molecule has 0 bridgehead atoms. The van der Waals surface area contributed by atoms with Crippen molar-refractivity contribution in [3.05, 3.63) is 54.2 Å². The first kappa shape index (κ1) is 20.3. The standard InChI is InChI=1S/C17H16F2N4O2.C2H6/c1-11-21-10-23(22-11)9-12-6-15(16(24-2)20-8-12)13-4-3-5-14(7-13)25-17(18)19;1-2/h3-8,10,17H,9H2,1-2H3;1-2H3. The van der Waals surface area contributed by atoms with Crippen LogP contribution in [-0.4, -0.2) is 33.5 Å². The maximum absolute atomic E-state index is 12.4. The third-order valence-electron chi connectivity index (χ3n) is 3.47. The monoisotopic (exact) mass is 376 g/mol. The highest BCUT2D eigenvalue weighted by Gasteiger charge is 2.12. The van der Waals surface area contributed by atoms with Crippen LogP contribution in [0.3, 0.4) is 0 Å². The number of halogens is 2. The molecule has 0 aliphatic carbocycles. The number of hydrogen-bond donors (Lipinski definition) is 0. The SMILES string of the molecule is CC.COc1ncc(Cn2cnc(C)n2)cc1-c1cccc(OC(F)F)c1. The van der Waals surface area contributed by atoms with Gasteiger partial charge in [-0.25, -0.2) is 14.6 Å². The van der Waals surface area contributed by atoms with Crippen LogP contribution in [0.1, 0.15) is 25.2 Å². The first-order valence-electron chi connectivity index (χ1n) is 8.49. The lowest BCUT2D eigenvalue weighted by molar-refractivity contribution is -0.0498. The van der Waals surface area contributed by atoms with E-state index in [0.717, 1.165) is 5.56 Å². The minimum absolute atomic E-state index is 0.0758. The zero-order chi connectivity index (χ0) is 19.8. The Bertz CT molecular complexity index is 868. The van der Waals surface area contributed by atoms with Gasteiger partial charge < -0.3 is 9.47 Å². The molecule has 8 heteroatoms.